The molecule has 0 radical (unpaired) electrons. The van der Waals surface area contributed by atoms with Crippen LogP contribution in [0.3, 0.4) is 0 Å². The lowest BCUT2D eigenvalue weighted by Gasteiger charge is -2.63. The zero-order valence-electron chi connectivity index (χ0n) is 16.2. The Morgan fingerprint density at radius 2 is 2.00 bits per heavy atom. The Bertz CT molecular complexity index is 770. The largest absolute Gasteiger partial charge is 0.463 e. The molecule has 0 heterocycles. The molecule has 0 aromatic carbocycles. The number of carbonyl (C=O) groups is 3. The fraction of sp³-hybridized carbons (Fsp3) is 0.682. The lowest BCUT2D eigenvalue weighted by molar-refractivity contribution is -0.155. The van der Waals surface area contributed by atoms with E-state index < -0.39 is 16.4 Å². The van der Waals surface area contributed by atoms with Crippen LogP contribution in [0, 0.1) is 28.6 Å². The van der Waals surface area contributed by atoms with Crippen LogP contribution in [0.1, 0.15) is 52.9 Å². The van der Waals surface area contributed by atoms with E-state index in [0.29, 0.717) is 18.8 Å². The first kappa shape index (κ1) is 18.9. The van der Waals surface area contributed by atoms with Crippen LogP contribution in [0.2, 0.25) is 0 Å². The van der Waals surface area contributed by atoms with Crippen molar-refractivity contribution in [1.29, 1.82) is 0 Å². The smallest absolute Gasteiger partial charge is 0.293 e. The molecule has 5 heteroatoms. The summed E-state index contributed by atoms with van der Waals surface area (Å²) in [5, 5.41) is 0. The molecule has 27 heavy (non-hydrogen) atoms. The lowest BCUT2D eigenvalue weighted by atomic mass is 9.46. The molecular weight excluding hydrogens is 364 g/mol. The van der Waals surface area contributed by atoms with E-state index in [4.69, 9.17) is 16.3 Å². The first-order chi connectivity index (χ1) is 12.7. The fourth-order valence-electron chi connectivity index (χ4n) is 7.05. The Hall–Kier alpha value is -1.42. The number of rotatable bonds is 3. The number of hydrogen-bond donors (Lipinski definition) is 0. The monoisotopic (exact) mass is 390 g/mol. The van der Waals surface area contributed by atoms with E-state index in [1.807, 2.05) is 6.08 Å². The van der Waals surface area contributed by atoms with Gasteiger partial charge >= 0.3 is 0 Å². The predicted octanol–water partition coefficient (Wildman–Crippen LogP) is 4.01. The van der Waals surface area contributed by atoms with Crippen molar-refractivity contribution in [2.75, 3.05) is 0 Å². The van der Waals surface area contributed by atoms with Crippen LogP contribution in [-0.2, 0) is 19.1 Å². The Morgan fingerprint density at radius 3 is 2.67 bits per heavy atom. The van der Waals surface area contributed by atoms with Crippen LogP contribution < -0.4 is 0 Å². The Kier molecular flexibility index (Phi) is 4.23. The number of fused-ring (bicyclic) bond motifs is 5. The molecule has 4 aliphatic rings. The van der Waals surface area contributed by atoms with Crippen molar-refractivity contribution in [2.24, 2.45) is 28.6 Å². The van der Waals surface area contributed by atoms with Crippen LogP contribution in [0.5, 0.6) is 0 Å². The van der Waals surface area contributed by atoms with E-state index in [1.54, 1.807) is 19.1 Å². The standard InChI is InChI=1S/C22H27ClO4/c1-13(25)16-6-7-17-18-5-4-14-10-15(26)8-9-21(14,3)22(18,23)19(27-12-24)11-20(16,17)2/h8-10,12,16-19H,4-7,11H2,1-3H3/t16-,17+,18+,19?,20-,21+,22?/m1/s1. The summed E-state index contributed by atoms with van der Waals surface area (Å²) in [5.41, 5.74) is 0.300. The van der Waals surface area contributed by atoms with Crippen molar-refractivity contribution in [1.82, 2.24) is 0 Å². The molecule has 0 aliphatic heterocycles. The van der Waals surface area contributed by atoms with Crippen LogP contribution in [0.15, 0.2) is 23.8 Å². The fourth-order valence-corrected chi connectivity index (χ4v) is 7.63. The van der Waals surface area contributed by atoms with E-state index in [-0.39, 0.29) is 28.8 Å². The highest BCUT2D eigenvalue weighted by atomic mass is 35.5. The topological polar surface area (TPSA) is 60.4 Å². The number of carbonyl (C=O) groups excluding carboxylic acids is 3. The van der Waals surface area contributed by atoms with E-state index in [1.165, 1.54) is 0 Å². The first-order valence-electron chi connectivity index (χ1n) is 9.91. The quantitative estimate of drug-likeness (QED) is 0.539. The second-order valence-corrected chi connectivity index (χ2v) is 9.92. The summed E-state index contributed by atoms with van der Waals surface area (Å²) >= 11 is 7.47. The molecule has 0 saturated heterocycles. The normalized spacial score (nSPS) is 48.1. The average Bonchev–Trinajstić information content (AvgIpc) is 2.94. The third-order valence-corrected chi connectivity index (χ3v) is 9.24. The van der Waals surface area contributed by atoms with Gasteiger partial charge in [0.25, 0.3) is 6.47 Å². The van der Waals surface area contributed by atoms with E-state index in [2.05, 4.69) is 13.8 Å². The lowest BCUT2D eigenvalue weighted by Crippen LogP contribution is -2.66. The maximum atomic E-state index is 12.3. The van der Waals surface area contributed by atoms with E-state index >= 15 is 0 Å². The van der Waals surface area contributed by atoms with Crippen LogP contribution in [0.25, 0.3) is 0 Å². The summed E-state index contributed by atoms with van der Waals surface area (Å²) in [6.07, 6.45) is 8.85. The molecule has 0 bridgehead atoms. The third-order valence-electron chi connectivity index (χ3n) is 8.32. The number of alkyl halides is 1. The van der Waals surface area contributed by atoms with Gasteiger partial charge in [-0.15, -0.1) is 11.6 Å². The van der Waals surface area contributed by atoms with Crippen LogP contribution in [0.4, 0.5) is 0 Å². The van der Waals surface area contributed by atoms with Crippen molar-refractivity contribution < 1.29 is 19.1 Å². The minimum absolute atomic E-state index is 0.00492. The highest BCUT2D eigenvalue weighted by Gasteiger charge is 2.70. The summed E-state index contributed by atoms with van der Waals surface area (Å²) in [4.78, 5) is 34.9. The molecule has 0 aromatic heterocycles. The van der Waals surface area contributed by atoms with Crippen molar-refractivity contribution in [3.8, 4) is 0 Å². The van der Waals surface area contributed by atoms with Gasteiger partial charge in [0, 0.05) is 11.3 Å². The molecule has 7 atom stereocenters. The highest BCUT2D eigenvalue weighted by Crippen LogP contribution is 2.70. The summed E-state index contributed by atoms with van der Waals surface area (Å²) in [5.74, 6) is 0.659. The molecule has 3 fully saturated rings. The van der Waals surface area contributed by atoms with Gasteiger partial charge in [-0.2, -0.15) is 0 Å². The van der Waals surface area contributed by atoms with Gasteiger partial charge in [0.1, 0.15) is 11.9 Å². The van der Waals surface area contributed by atoms with Crippen LogP contribution >= 0.6 is 11.6 Å². The maximum absolute atomic E-state index is 12.3. The van der Waals surface area contributed by atoms with E-state index in [0.717, 1.165) is 31.3 Å². The molecule has 4 rings (SSSR count). The van der Waals surface area contributed by atoms with Gasteiger partial charge < -0.3 is 4.74 Å². The molecule has 0 aromatic rings. The van der Waals surface area contributed by atoms with Crippen molar-refractivity contribution in [2.45, 2.75) is 63.9 Å². The molecule has 0 spiro atoms. The first-order valence-corrected chi connectivity index (χ1v) is 10.3. The molecule has 0 amide bonds. The van der Waals surface area contributed by atoms with E-state index in [9.17, 15) is 14.4 Å². The molecule has 2 unspecified atom stereocenters. The molecular formula is C22H27ClO4. The SMILES string of the molecule is CC(=O)[C@H]1CC[C@H]2[C@@H]3CCC4=CC(=O)C=C[C@]4(C)C3(Cl)C(OC=O)C[C@]12C. The summed E-state index contributed by atoms with van der Waals surface area (Å²) in [7, 11) is 0. The van der Waals surface area contributed by atoms with Crippen molar-refractivity contribution in [3.63, 3.8) is 0 Å². The number of halogens is 1. The summed E-state index contributed by atoms with van der Waals surface area (Å²) in [6.45, 7) is 6.42. The van der Waals surface area contributed by atoms with Gasteiger partial charge in [-0.3, -0.25) is 14.4 Å². The Balaban J connectivity index is 1.84. The number of ether oxygens (including phenoxy) is 1. The number of allylic oxidation sites excluding steroid dienone is 4. The average molecular weight is 391 g/mol. The van der Waals surface area contributed by atoms with Gasteiger partial charge in [-0.25, -0.2) is 0 Å². The Morgan fingerprint density at radius 1 is 1.26 bits per heavy atom. The van der Waals surface area contributed by atoms with Crippen molar-refractivity contribution in [3.05, 3.63) is 23.8 Å². The molecule has 4 aliphatic carbocycles. The predicted molar refractivity (Wildman–Crippen MR) is 102 cm³/mol. The summed E-state index contributed by atoms with van der Waals surface area (Å²) in [6, 6.07) is 0. The maximum Gasteiger partial charge on any atom is 0.293 e. The Labute approximate surface area is 165 Å². The van der Waals surface area contributed by atoms with Crippen molar-refractivity contribution >= 4 is 29.6 Å². The second kappa shape index (κ2) is 6.04. The summed E-state index contributed by atoms with van der Waals surface area (Å²) < 4.78 is 5.63. The number of hydrogen-bond acceptors (Lipinski definition) is 4. The second-order valence-electron chi connectivity index (χ2n) is 9.30. The van der Waals surface area contributed by atoms with Gasteiger partial charge in [0.05, 0.1) is 4.87 Å². The molecule has 4 nitrogen and oxygen atoms in total. The third kappa shape index (κ3) is 2.31. The minimum atomic E-state index is -0.801. The van der Waals surface area contributed by atoms with Gasteiger partial charge in [-0.1, -0.05) is 25.5 Å². The zero-order chi connectivity index (χ0) is 19.6. The minimum Gasteiger partial charge on any atom is -0.463 e. The van der Waals surface area contributed by atoms with Gasteiger partial charge in [0.2, 0.25) is 0 Å². The van der Waals surface area contributed by atoms with Gasteiger partial charge in [0.15, 0.2) is 5.78 Å². The number of Topliss-reactive ketones (excluding diaryl/α,β-unsaturated/α-hetero) is 1. The zero-order valence-corrected chi connectivity index (χ0v) is 16.9. The highest BCUT2D eigenvalue weighted by molar-refractivity contribution is 6.26. The number of ketones is 2. The molecule has 0 N–H and O–H groups in total. The van der Waals surface area contributed by atoms with Gasteiger partial charge in [-0.05, 0) is 68.4 Å². The molecule has 3 saturated carbocycles. The van der Waals surface area contributed by atoms with Crippen LogP contribution in [-0.4, -0.2) is 29.0 Å². The molecule has 146 valence electrons.